The van der Waals surface area contributed by atoms with Crippen molar-refractivity contribution in [2.75, 3.05) is 26.2 Å². The Kier molecular flexibility index (Phi) is 5.80. The molecule has 1 aliphatic heterocycles. The fourth-order valence-corrected chi connectivity index (χ4v) is 2.66. The van der Waals surface area contributed by atoms with Gasteiger partial charge in [-0.05, 0) is 38.8 Å². The SMILES string of the molecule is CC(C)(C)NC(=O)N1CCN(C(=O)CCc2ccccc2F)CC1. The first-order valence-electron chi connectivity index (χ1n) is 8.34. The van der Waals surface area contributed by atoms with Crippen LogP contribution in [0.4, 0.5) is 9.18 Å². The van der Waals surface area contributed by atoms with Crippen molar-refractivity contribution < 1.29 is 14.0 Å². The van der Waals surface area contributed by atoms with Crippen molar-refractivity contribution in [1.29, 1.82) is 0 Å². The molecule has 1 N–H and O–H groups in total. The van der Waals surface area contributed by atoms with Gasteiger partial charge in [-0.3, -0.25) is 4.79 Å². The molecule has 1 heterocycles. The van der Waals surface area contributed by atoms with E-state index in [0.29, 0.717) is 38.2 Å². The van der Waals surface area contributed by atoms with Crippen molar-refractivity contribution in [3.8, 4) is 0 Å². The molecule has 1 saturated heterocycles. The van der Waals surface area contributed by atoms with E-state index in [1.165, 1.54) is 6.07 Å². The lowest BCUT2D eigenvalue weighted by Gasteiger charge is -2.36. The Bertz CT molecular complexity index is 590. The van der Waals surface area contributed by atoms with E-state index in [4.69, 9.17) is 0 Å². The van der Waals surface area contributed by atoms with Gasteiger partial charge in [0.2, 0.25) is 5.91 Å². The first kappa shape index (κ1) is 18.2. The topological polar surface area (TPSA) is 52.7 Å². The van der Waals surface area contributed by atoms with Crippen LogP contribution in [0.15, 0.2) is 24.3 Å². The molecule has 1 aromatic carbocycles. The number of aryl methyl sites for hydroxylation is 1. The maximum atomic E-state index is 13.6. The maximum absolute atomic E-state index is 13.6. The van der Waals surface area contributed by atoms with Crippen molar-refractivity contribution in [3.05, 3.63) is 35.6 Å². The highest BCUT2D eigenvalue weighted by Crippen LogP contribution is 2.12. The van der Waals surface area contributed by atoms with E-state index >= 15 is 0 Å². The Hall–Kier alpha value is -2.11. The zero-order valence-corrected chi connectivity index (χ0v) is 14.6. The number of halogens is 1. The molecule has 0 saturated carbocycles. The number of nitrogens with one attached hydrogen (secondary N) is 1. The van der Waals surface area contributed by atoms with Gasteiger partial charge in [0, 0.05) is 38.1 Å². The van der Waals surface area contributed by atoms with Crippen LogP contribution >= 0.6 is 0 Å². The molecule has 2 rings (SSSR count). The average Bonchev–Trinajstić information content (AvgIpc) is 2.52. The highest BCUT2D eigenvalue weighted by atomic mass is 19.1. The minimum atomic E-state index is -0.274. The van der Waals surface area contributed by atoms with Crippen LogP contribution in [-0.2, 0) is 11.2 Å². The molecule has 0 atom stereocenters. The number of carbonyl (C=O) groups excluding carboxylic acids is 2. The Balaban J connectivity index is 1.78. The third-order valence-electron chi connectivity index (χ3n) is 3.97. The summed E-state index contributed by atoms with van der Waals surface area (Å²) in [7, 11) is 0. The van der Waals surface area contributed by atoms with Gasteiger partial charge in [-0.1, -0.05) is 18.2 Å². The summed E-state index contributed by atoms with van der Waals surface area (Å²) in [6.07, 6.45) is 0.686. The summed E-state index contributed by atoms with van der Waals surface area (Å²) in [4.78, 5) is 27.9. The summed E-state index contributed by atoms with van der Waals surface area (Å²) in [5.41, 5.74) is 0.290. The highest BCUT2D eigenvalue weighted by molar-refractivity contribution is 5.78. The number of piperazine rings is 1. The Morgan fingerprint density at radius 1 is 1.08 bits per heavy atom. The first-order valence-corrected chi connectivity index (χ1v) is 8.34. The number of hydrogen-bond donors (Lipinski definition) is 1. The zero-order valence-electron chi connectivity index (χ0n) is 14.6. The van der Waals surface area contributed by atoms with Crippen molar-refractivity contribution in [2.45, 2.75) is 39.2 Å². The van der Waals surface area contributed by atoms with E-state index in [1.807, 2.05) is 20.8 Å². The predicted octanol–water partition coefficient (Wildman–Crippen LogP) is 2.41. The molecule has 0 unspecified atom stereocenters. The molecule has 0 bridgehead atoms. The maximum Gasteiger partial charge on any atom is 0.317 e. The molecule has 6 heteroatoms. The van der Waals surface area contributed by atoms with Gasteiger partial charge in [0.1, 0.15) is 5.82 Å². The minimum Gasteiger partial charge on any atom is -0.339 e. The largest absolute Gasteiger partial charge is 0.339 e. The Morgan fingerprint density at radius 2 is 1.67 bits per heavy atom. The second kappa shape index (κ2) is 7.64. The van der Waals surface area contributed by atoms with Crippen LogP contribution in [0.1, 0.15) is 32.8 Å². The second-order valence-electron chi connectivity index (χ2n) is 7.14. The van der Waals surface area contributed by atoms with Crippen LogP contribution in [-0.4, -0.2) is 53.5 Å². The fourth-order valence-electron chi connectivity index (χ4n) is 2.66. The molecule has 3 amide bonds. The zero-order chi connectivity index (χ0) is 17.7. The number of nitrogens with zero attached hydrogens (tertiary/aromatic N) is 2. The van der Waals surface area contributed by atoms with Gasteiger partial charge in [-0.25, -0.2) is 9.18 Å². The summed E-state index contributed by atoms with van der Waals surface area (Å²) < 4.78 is 13.6. The molecule has 0 radical (unpaired) electrons. The third-order valence-corrected chi connectivity index (χ3v) is 3.97. The molecule has 1 fully saturated rings. The van der Waals surface area contributed by atoms with Crippen molar-refractivity contribution in [2.24, 2.45) is 0 Å². The number of hydrogen-bond acceptors (Lipinski definition) is 2. The Morgan fingerprint density at radius 3 is 2.25 bits per heavy atom. The van der Waals surface area contributed by atoms with Crippen molar-refractivity contribution in [3.63, 3.8) is 0 Å². The molecule has 5 nitrogen and oxygen atoms in total. The smallest absolute Gasteiger partial charge is 0.317 e. The molecule has 0 spiro atoms. The molecule has 1 aromatic rings. The molecular formula is C18H26FN3O2. The molecule has 1 aliphatic rings. The van der Waals surface area contributed by atoms with Gasteiger partial charge < -0.3 is 15.1 Å². The van der Waals surface area contributed by atoms with Crippen molar-refractivity contribution >= 4 is 11.9 Å². The van der Waals surface area contributed by atoms with Crippen LogP contribution in [0.2, 0.25) is 0 Å². The molecule has 0 aliphatic carbocycles. The lowest BCUT2D eigenvalue weighted by molar-refractivity contribution is -0.132. The lowest BCUT2D eigenvalue weighted by Crippen LogP contribution is -2.56. The van der Waals surface area contributed by atoms with Crippen LogP contribution < -0.4 is 5.32 Å². The normalized spacial score (nSPS) is 15.3. The second-order valence-corrected chi connectivity index (χ2v) is 7.14. The van der Waals surface area contributed by atoms with Gasteiger partial charge in [-0.15, -0.1) is 0 Å². The van der Waals surface area contributed by atoms with Gasteiger partial charge in [0.15, 0.2) is 0 Å². The van der Waals surface area contributed by atoms with Gasteiger partial charge >= 0.3 is 6.03 Å². The van der Waals surface area contributed by atoms with E-state index in [9.17, 15) is 14.0 Å². The van der Waals surface area contributed by atoms with Crippen LogP contribution in [0.25, 0.3) is 0 Å². The monoisotopic (exact) mass is 335 g/mol. The number of carbonyl (C=O) groups is 2. The summed E-state index contributed by atoms with van der Waals surface area (Å²) in [5.74, 6) is -0.261. The van der Waals surface area contributed by atoms with Crippen LogP contribution in [0, 0.1) is 5.82 Å². The summed E-state index contributed by atoms with van der Waals surface area (Å²) in [5, 5.41) is 2.93. The summed E-state index contributed by atoms with van der Waals surface area (Å²) in [6.45, 7) is 7.90. The quantitative estimate of drug-likeness (QED) is 0.922. The van der Waals surface area contributed by atoms with Crippen LogP contribution in [0.5, 0.6) is 0 Å². The van der Waals surface area contributed by atoms with E-state index in [1.54, 1.807) is 28.0 Å². The summed E-state index contributed by atoms with van der Waals surface area (Å²) in [6, 6.07) is 6.43. The van der Waals surface area contributed by atoms with E-state index in [0.717, 1.165) is 0 Å². The van der Waals surface area contributed by atoms with Crippen molar-refractivity contribution in [1.82, 2.24) is 15.1 Å². The minimum absolute atomic E-state index is 0.00846. The van der Waals surface area contributed by atoms with E-state index < -0.39 is 0 Å². The number of urea groups is 1. The average molecular weight is 335 g/mol. The first-order chi connectivity index (χ1) is 11.3. The number of benzene rings is 1. The highest BCUT2D eigenvalue weighted by Gasteiger charge is 2.26. The van der Waals surface area contributed by atoms with E-state index in [2.05, 4.69) is 5.32 Å². The van der Waals surface area contributed by atoms with E-state index in [-0.39, 0.29) is 29.7 Å². The lowest BCUT2D eigenvalue weighted by atomic mass is 10.1. The molecule has 0 aromatic heterocycles. The molecule has 132 valence electrons. The Labute approximate surface area is 142 Å². The van der Waals surface area contributed by atoms with Crippen LogP contribution in [0.3, 0.4) is 0 Å². The number of rotatable bonds is 3. The summed E-state index contributed by atoms with van der Waals surface area (Å²) >= 11 is 0. The van der Waals surface area contributed by atoms with Gasteiger partial charge in [-0.2, -0.15) is 0 Å². The fraction of sp³-hybridized carbons (Fsp3) is 0.556. The predicted molar refractivity (Wildman–Crippen MR) is 91.2 cm³/mol. The number of amides is 3. The third kappa shape index (κ3) is 5.22. The van der Waals surface area contributed by atoms with Gasteiger partial charge in [0.05, 0.1) is 0 Å². The molecule has 24 heavy (non-hydrogen) atoms. The van der Waals surface area contributed by atoms with Gasteiger partial charge in [0.25, 0.3) is 0 Å². The standard InChI is InChI=1S/C18H26FN3O2/c1-18(2,3)20-17(24)22-12-10-21(11-13-22)16(23)9-8-14-6-4-5-7-15(14)19/h4-7H,8-13H2,1-3H3,(H,20,24). The molecular weight excluding hydrogens is 309 g/mol.